The smallest absolute Gasteiger partial charge is 0.296 e. The Morgan fingerprint density at radius 3 is 2.35 bits per heavy atom. The largest absolute Gasteiger partial charge is 0.366 e. The number of nitrogens with zero attached hydrogens (tertiary/aromatic N) is 1. The summed E-state index contributed by atoms with van der Waals surface area (Å²) in [5.74, 6) is -0.380. The summed E-state index contributed by atoms with van der Waals surface area (Å²) in [5.41, 5.74) is 6.58. The number of halogens is 3. The van der Waals surface area contributed by atoms with Gasteiger partial charge in [-0.2, -0.15) is 8.42 Å². The first kappa shape index (κ1) is 20.0. The van der Waals surface area contributed by atoms with Gasteiger partial charge in [-0.15, -0.1) is 0 Å². The zero-order valence-electron chi connectivity index (χ0n) is 11.6. The number of amides is 1. The molecule has 0 saturated heterocycles. The SMILES string of the molecule is Cc1cc(Br)ccc1C(N)=O.O=S(=O)(O)c1cnc(Cl)c(Br)c1. The Bertz CT molecular complexity index is 844. The molecule has 0 fully saturated rings. The molecule has 0 bridgehead atoms. The second-order valence-corrected chi connectivity index (χ2v) is 7.79. The molecule has 0 unspecified atom stereocenters. The molecule has 0 radical (unpaired) electrons. The average Bonchev–Trinajstić information content (AvgIpc) is 2.41. The van der Waals surface area contributed by atoms with Crippen LogP contribution in [0.3, 0.4) is 0 Å². The quantitative estimate of drug-likeness (QED) is 0.498. The summed E-state index contributed by atoms with van der Waals surface area (Å²) in [7, 11) is -4.19. The van der Waals surface area contributed by atoms with E-state index in [0.717, 1.165) is 16.2 Å². The number of carbonyl (C=O) groups excluding carboxylic acids is 1. The highest BCUT2D eigenvalue weighted by atomic mass is 79.9. The van der Waals surface area contributed by atoms with Gasteiger partial charge >= 0.3 is 0 Å². The first-order valence-electron chi connectivity index (χ1n) is 5.87. The normalized spacial score (nSPS) is 10.7. The van der Waals surface area contributed by atoms with Crippen LogP contribution in [0.2, 0.25) is 5.15 Å². The summed E-state index contributed by atoms with van der Waals surface area (Å²) in [4.78, 5) is 14.0. The summed E-state index contributed by atoms with van der Waals surface area (Å²) in [6.45, 7) is 1.85. The zero-order valence-corrected chi connectivity index (χ0v) is 16.4. The maximum absolute atomic E-state index is 10.7. The highest BCUT2D eigenvalue weighted by Gasteiger charge is 2.11. The van der Waals surface area contributed by atoms with Crippen molar-refractivity contribution < 1.29 is 17.8 Å². The van der Waals surface area contributed by atoms with Crippen LogP contribution in [0.15, 0.2) is 44.3 Å². The van der Waals surface area contributed by atoms with Crippen LogP contribution in [0.4, 0.5) is 0 Å². The van der Waals surface area contributed by atoms with Gasteiger partial charge in [0.25, 0.3) is 10.1 Å². The third-order valence-electron chi connectivity index (χ3n) is 2.52. The average molecular weight is 487 g/mol. The van der Waals surface area contributed by atoms with E-state index >= 15 is 0 Å². The second kappa shape index (κ2) is 8.20. The molecule has 1 aromatic carbocycles. The standard InChI is InChI=1S/C8H8BrNO.C5H3BrClNO3S/c1-5-4-6(9)2-3-7(5)8(10)11;6-4-1-3(12(9,10)11)2-8-5(4)7/h2-4H,1H3,(H2,10,11);1-2H,(H,9,10,11). The third-order valence-corrected chi connectivity index (χ3v) is 4.97. The van der Waals surface area contributed by atoms with E-state index in [2.05, 4.69) is 36.8 Å². The number of aryl methyl sites for hydroxylation is 1. The van der Waals surface area contributed by atoms with Gasteiger partial charge in [-0.05, 0) is 52.7 Å². The molecule has 1 aromatic heterocycles. The van der Waals surface area contributed by atoms with Crippen molar-refractivity contribution >= 4 is 59.5 Å². The van der Waals surface area contributed by atoms with Crippen LogP contribution in [-0.2, 0) is 10.1 Å². The first-order valence-corrected chi connectivity index (χ1v) is 9.27. The van der Waals surface area contributed by atoms with E-state index in [4.69, 9.17) is 21.9 Å². The summed E-state index contributed by atoms with van der Waals surface area (Å²) in [6, 6.07) is 6.54. The lowest BCUT2D eigenvalue weighted by Gasteiger charge is -2.00. The Labute approximate surface area is 155 Å². The molecule has 124 valence electrons. The fraction of sp³-hybridized carbons (Fsp3) is 0.0769. The van der Waals surface area contributed by atoms with E-state index in [1.807, 2.05) is 13.0 Å². The van der Waals surface area contributed by atoms with Gasteiger partial charge in [0.1, 0.15) is 10.0 Å². The fourth-order valence-corrected chi connectivity index (χ4v) is 2.98. The highest BCUT2D eigenvalue weighted by molar-refractivity contribution is 9.10. The van der Waals surface area contributed by atoms with Crippen LogP contribution in [-0.4, -0.2) is 23.9 Å². The van der Waals surface area contributed by atoms with Crippen LogP contribution >= 0.6 is 43.5 Å². The van der Waals surface area contributed by atoms with Gasteiger partial charge in [0.05, 0.1) is 4.47 Å². The molecule has 0 spiro atoms. The van der Waals surface area contributed by atoms with Crippen molar-refractivity contribution in [1.29, 1.82) is 0 Å². The molecular weight excluding hydrogens is 475 g/mol. The Morgan fingerprint density at radius 1 is 1.30 bits per heavy atom. The van der Waals surface area contributed by atoms with E-state index in [9.17, 15) is 13.2 Å². The van der Waals surface area contributed by atoms with Crippen molar-refractivity contribution in [3.8, 4) is 0 Å². The Balaban J connectivity index is 0.000000231. The molecular formula is C13H11Br2ClN2O4S. The van der Waals surface area contributed by atoms with Crippen molar-refractivity contribution in [1.82, 2.24) is 4.98 Å². The topological polar surface area (TPSA) is 110 Å². The van der Waals surface area contributed by atoms with Gasteiger partial charge in [0, 0.05) is 16.2 Å². The van der Waals surface area contributed by atoms with Crippen molar-refractivity contribution in [2.75, 3.05) is 0 Å². The van der Waals surface area contributed by atoms with Gasteiger partial charge < -0.3 is 5.73 Å². The molecule has 1 amide bonds. The minimum Gasteiger partial charge on any atom is -0.366 e. The molecule has 6 nitrogen and oxygen atoms in total. The lowest BCUT2D eigenvalue weighted by molar-refractivity contribution is 0.0999. The Hall–Kier alpha value is -1.00. The second-order valence-electron chi connectivity index (χ2n) is 4.24. The summed E-state index contributed by atoms with van der Waals surface area (Å²) < 4.78 is 30.9. The number of hydrogen-bond donors (Lipinski definition) is 2. The summed E-state index contributed by atoms with van der Waals surface area (Å²) >= 11 is 11.8. The number of primary amides is 1. The van der Waals surface area contributed by atoms with Crippen LogP contribution in [0.5, 0.6) is 0 Å². The number of aromatic nitrogens is 1. The highest BCUT2D eigenvalue weighted by Crippen LogP contribution is 2.22. The molecule has 2 aromatic rings. The number of carbonyl (C=O) groups is 1. The molecule has 0 aliphatic heterocycles. The van der Waals surface area contributed by atoms with E-state index in [1.165, 1.54) is 6.07 Å². The minimum atomic E-state index is -4.19. The molecule has 23 heavy (non-hydrogen) atoms. The van der Waals surface area contributed by atoms with Gasteiger partial charge in [-0.1, -0.05) is 27.5 Å². The molecule has 2 rings (SSSR count). The van der Waals surface area contributed by atoms with E-state index in [-0.39, 0.29) is 16.0 Å². The maximum Gasteiger partial charge on any atom is 0.296 e. The molecule has 10 heteroatoms. The molecule has 1 heterocycles. The van der Waals surface area contributed by atoms with Crippen LogP contribution in [0.1, 0.15) is 15.9 Å². The van der Waals surface area contributed by atoms with Gasteiger partial charge in [0.2, 0.25) is 5.91 Å². The van der Waals surface area contributed by atoms with E-state index in [0.29, 0.717) is 10.0 Å². The first-order chi connectivity index (χ1) is 10.5. The molecule has 0 atom stereocenters. The molecule has 3 N–H and O–H groups in total. The monoisotopic (exact) mass is 484 g/mol. The third kappa shape index (κ3) is 6.19. The number of rotatable bonds is 2. The maximum atomic E-state index is 10.7. The summed E-state index contributed by atoms with van der Waals surface area (Å²) in [6.07, 6.45) is 0.975. The molecule has 0 saturated carbocycles. The zero-order chi connectivity index (χ0) is 17.8. The van der Waals surface area contributed by atoms with Crippen molar-refractivity contribution in [3.05, 3.63) is 55.7 Å². The molecule has 0 aliphatic carbocycles. The van der Waals surface area contributed by atoms with Crippen molar-refractivity contribution in [3.63, 3.8) is 0 Å². The number of pyridine rings is 1. The number of nitrogens with two attached hydrogens (primary N) is 1. The lowest BCUT2D eigenvalue weighted by Crippen LogP contribution is -2.12. The number of hydrogen-bond acceptors (Lipinski definition) is 4. The Kier molecular flexibility index (Phi) is 7.15. The lowest BCUT2D eigenvalue weighted by atomic mass is 10.1. The van der Waals surface area contributed by atoms with E-state index in [1.54, 1.807) is 12.1 Å². The van der Waals surface area contributed by atoms with Crippen molar-refractivity contribution in [2.45, 2.75) is 11.8 Å². The van der Waals surface area contributed by atoms with Crippen LogP contribution < -0.4 is 5.73 Å². The van der Waals surface area contributed by atoms with Crippen LogP contribution in [0, 0.1) is 6.92 Å². The van der Waals surface area contributed by atoms with Crippen LogP contribution in [0.25, 0.3) is 0 Å². The molecule has 0 aliphatic rings. The van der Waals surface area contributed by atoms with Gasteiger partial charge in [-0.25, -0.2) is 4.98 Å². The minimum absolute atomic E-state index is 0.141. The summed E-state index contributed by atoms with van der Waals surface area (Å²) in [5, 5.41) is 0.141. The predicted octanol–water partition coefficient (Wildman–Crippen LogP) is 3.60. The van der Waals surface area contributed by atoms with E-state index < -0.39 is 10.1 Å². The van der Waals surface area contributed by atoms with Gasteiger partial charge in [-0.3, -0.25) is 9.35 Å². The number of benzene rings is 1. The van der Waals surface area contributed by atoms with Crippen molar-refractivity contribution in [2.24, 2.45) is 5.73 Å². The van der Waals surface area contributed by atoms with Gasteiger partial charge in [0.15, 0.2) is 0 Å². The predicted molar refractivity (Wildman–Crippen MR) is 94.2 cm³/mol. The Morgan fingerprint density at radius 2 is 1.91 bits per heavy atom. The fourth-order valence-electron chi connectivity index (χ4n) is 1.45.